The number of rotatable bonds is 10. The van der Waals surface area contributed by atoms with Gasteiger partial charge in [0.25, 0.3) is 0 Å². The topological polar surface area (TPSA) is 89.3 Å². The Balaban J connectivity index is 1.42. The highest BCUT2D eigenvalue weighted by Crippen LogP contribution is 2.22. The molecular weight excluding hydrogens is 400 g/mol. The van der Waals surface area contributed by atoms with Crippen molar-refractivity contribution in [2.45, 2.75) is 46.0 Å². The average Bonchev–Trinajstić information content (AvgIpc) is 3.39. The summed E-state index contributed by atoms with van der Waals surface area (Å²) in [7, 11) is 0. The molecular formula is C23H24N2O4S. The van der Waals surface area contributed by atoms with Gasteiger partial charge in [0.1, 0.15) is 11.5 Å². The molecule has 0 saturated heterocycles. The predicted octanol–water partition coefficient (Wildman–Crippen LogP) is 5.22. The summed E-state index contributed by atoms with van der Waals surface area (Å²) in [6.07, 6.45) is 1.39. The SMILES string of the molecule is CCc1ccc(-c2cc(NC(=O)CCC(=O)CCC(=O)c3ccc(C)s3)on2)cc1. The van der Waals surface area contributed by atoms with Crippen molar-refractivity contribution in [1.82, 2.24) is 5.16 Å². The number of nitrogens with one attached hydrogen (secondary N) is 1. The van der Waals surface area contributed by atoms with Crippen LogP contribution in [0.4, 0.5) is 5.88 Å². The second-order valence-corrected chi connectivity index (χ2v) is 8.34. The summed E-state index contributed by atoms with van der Waals surface area (Å²) in [5, 5.41) is 6.59. The van der Waals surface area contributed by atoms with Gasteiger partial charge in [-0.05, 0) is 31.0 Å². The van der Waals surface area contributed by atoms with Crippen LogP contribution in [0.1, 0.15) is 52.7 Å². The van der Waals surface area contributed by atoms with Crippen molar-refractivity contribution in [3.63, 3.8) is 0 Å². The molecule has 2 aromatic heterocycles. The van der Waals surface area contributed by atoms with Crippen LogP contribution in [0.25, 0.3) is 11.3 Å². The summed E-state index contributed by atoms with van der Waals surface area (Å²) >= 11 is 1.43. The van der Waals surface area contributed by atoms with E-state index in [2.05, 4.69) is 17.4 Å². The Morgan fingerprint density at radius 3 is 2.40 bits per heavy atom. The Kier molecular flexibility index (Phi) is 7.30. The molecule has 3 rings (SSSR count). The molecule has 6 nitrogen and oxygen atoms in total. The first-order valence-corrected chi connectivity index (χ1v) is 10.7. The Hall–Kier alpha value is -3.06. The minimum absolute atomic E-state index is 0.0341. The summed E-state index contributed by atoms with van der Waals surface area (Å²) in [5.41, 5.74) is 2.76. The number of Topliss-reactive ketones (excluding diaryl/α,β-unsaturated/α-hetero) is 2. The number of carbonyl (C=O) groups is 3. The van der Waals surface area contributed by atoms with Crippen molar-refractivity contribution in [3.05, 3.63) is 57.8 Å². The first-order chi connectivity index (χ1) is 14.4. The molecule has 0 bridgehead atoms. The zero-order chi connectivity index (χ0) is 21.5. The van der Waals surface area contributed by atoms with E-state index in [0.717, 1.165) is 16.9 Å². The number of hydrogen-bond donors (Lipinski definition) is 1. The van der Waals surface area contributed by atoms with Crippen molar-refractivity contribution >= 4 is 34.7 Å². The molecule has 0 saturated carbocycles. The number of carbonyl (C=O) groups excluding carboxylic acids is 3. The van der Waals surface area contributed by atoms with E-state index in [0.29, 0.717) is 10.6 Å². The van der Waals surface area contributed by atoms with Gasteiger partial charge in [0.05, 0.1) is 4.88 Å². The smallest absolute Gasteiger partial charge is 0.231 e. The van der Waals surface area contributed by atoms with E-state index in [1.165, 1.54) is 16.9 Å². The summed E-state index contributed by atoms with van der Waals surface area (Å²) < 4.78 is 5.17. The predicted molar refractivity (Wildman–Crippen MR) is 117 cm³/mol. The molecule has 0 aliphatic heterocycles. The van der Waals surface area contributed by atoms with E-state index in [9.17, 15) is 14.4 Å². The van der Waals surface area contributed by atoms with Crippen molar-refractivity contribution < 1.29 is 18.9 Å². The van der Waals surface area contributed by atoms with Crippen LogP contribution in [0.5, 0.6) is 0 Å². The van der Waals surface area contributed by atoms with Crippen LogP contribution in [0.3, 0.4) is 0 Å². The number of aryl methyl sites for hydroxylation is 2. The Morgan fingerprint density at radius 1 is 1.00 bits per heavy atom. The lowest BCUT2D eigenvalue weighted by atomic mass is 10.1. The minimum atomic E-state index is -0.326. The van der Waals surface area contributed by atoms with Crippen LogP contribution >= 0.6 is 11.3 Å². The fourth-order valence-electron chi connectivity index (χ4n) is 2.92. The van der Waals surface area contributed by atoms with Crippen molar-refractivity contribution in [1.29, 1.82) is 0 Å². The zero-order valence-electron chi connectivity index (χ0n) is 17.1. The normalized spacial score (nSPS) is 10.7. The van der Waals surface area contributed by atoms with Gasteiger partial charge in [0.15, 0.2) is 5.78 Å². The lowest BCUT2D eigenvalue weighted by Crippen LogP contribution is -2.13. The fourth-order valence-corrected chi connectivity index (χ4v) is 3.75. The maximum atomic E-state index is 12.1. The molecule has 3 aromatic rings. The zero-order valence-corrected chi connectivity index (χ0v) is 17.9. The van der Waals surface area contributed by atoms with Gasteiger partial charge in [0.2, 0.25) is 11.8 Å². The molecule has 0 aliphatic carbocycles. The van der Waals surface area contributed by atoms with E-state index in [1.807, 2.05) is 37.3 Å². The van der Waals surface area contributed by atoms with Crippen LogP contribution in [-0.4, -0.2) is 22.6 Å². The summed E-state index contributed by atoms with van der Waals surface area (Å²) in [5.74, 6) is -0.231. The lowest BCUT2D eigenvalue weighted by molar-refractivity contribution is -0.122. The summed E-state index contributed by atoms with van der Waals surface area (Å²) in [6.45, 7) is 4.02. The molecule has 0 fully saturated rings. The molecule has 0 spiro atoms. The summed E-state index contributed by atoms with van der Waals surface area (Å²) in [6, 6.07) is 13.3. The number of nitrogens with zero attached hydrogens (tertiary/aromatic N) is 1. The molecule has 2 heterocycles. The second kappa shape index (κ2) is 10.1. The largest absolute Gasteiger partial charge is 0.338 e. The van der Waals surface area contributed by atoms with Crippen LogP contribution in [0, 0.1) is 6.92 Å². The number of ketones is 2. The van der Waals surface area contributed by atoms with Gasteiger partial charge in [-0.3, -0.25) is 19.7 Å². The quantitative estimate of drug-likeness (QED) is 0.451. The second-order valence-electron chi connectivity index (χ2n) is 7.05. The molecule has 30 heavy (non-hydrogen) atoms. The molecule has 0 aliphatic rings. The van der Waals surface area contributed by atoms with E-state index in [4.69, 9.17) is 4.52 Å². The maximum Gasteiger partial charge on any atom is 0.231 e. The highest BCUT2D eigenvalue weighted by Gasteiger charge is 2.14. The van der Waals surface area contributed by atoms with Gasteiger partial charge in [-0.1, -0.05) is 36.3 Å². The van der Waals surface area contributed by atoms with Gasteiger partial charge in [-0.2, -0.15) is 0 Å². The van der Waals surface area contributed by atoms with Crippen LogP contribution in [0.2, 0.25) is 0 Å². The Bertz CT molecular complexity index is 1030. The molecule has 0 radical (unpaired) electrons. The van der Waals surface area contributed by atoms with Gasteiger partial charge >= 0.3 is 0 Å². The Morgan fingerprint density at radius 2 is 1.73 bits per heavy atom. The van der Waals surface area contributed by atoms with Crippen LogP contribution < -0.4 is 5.32 Å². The fraction of sp³-hybridized carbons (Fsp3) is 0.304. The Labute approximate surface area is 179 Å². The van der Waals surface area contributed by atoms with Gasteiger partial charge in [-0.25, -0.2) is 0 Å². The van der Waals surface area contributed by atoms with E-state index >= 15 is 0 Å². The van der Waals surface area contributed by atoms with Crippen molar-refractivity contribution in [3.8, 4) is 11.3 Å². The molecule has 1 amide bonds. The van der Waals surface area contributed by atoms with Gasteiger partial charge in [0, 0.05) is 42.2 Å². The highest BCUT2D eigenvalue weighted by molar-refractivity contribution is 7.14. The van der Waals surface area contributed by atoms with Crippen molar-refractivity contribution in [2.24, 2.45) is 0 Å². The third-order valence-electron chi connectivity index (χ3n) is 4.71. The minimum Gasteiger partial charge on any atom is -0.338 e. The number of amides is 1. The average molecular weight is 425 g/mol. The van der Waals surface area contributed by atoms with E-state index in [-0.39, 0.29) is 49.0 Å². The van der Waals surface area contributed by atoms with E-state index < -0.39 is 0 Å². The molecule has 0 unspecified atom stereocenters. The highest BCUT2D eigenvalue weighted by atomic mass is 32.1. The molecule has 0 atom stereocenters. The third kappa shape index (κ3) is 5.97. The van der Waals surface area contributed by atoms with Crippen molar-refractivity contribution in [2.75, 3.05) is 5.32 Å². The summed E-state index contributed by atoms with van der Waals surface area (Å²) in [4.78, 5) is 37.9. The number of hydrogen-bond acceptors (Lipinski definition) is 6. The maximum absolute atomic E-state index is 12.1. The third-order valence-corrected chi connectivity index (χ3v) is 5.75. The molecule has 1 aromatic carbocycles. The van der Waals surface area contributed by atoms with Crippen LogP contribution in [0.15, 0.2) is 47.0 Å². The molecule has 156 valence electrons. The van der Waals surface area contributed by atoms with Gasteiger partial charge < -0.3 is 4.52 Å². The monoisotopic (exact) mass is 424 g/mol. The lowest BCUT2D eigenvalue weighted by Gasteiger charge is -2.01. The molecule has 7 heteroatoms. The number of benzene rings is 1. The first kappa shape index (κ1) is 21.6. The van der Waals surface area contributed by atoms with E-state index in [1.54, 1.807) is 12.1 Å². The number of thiophene rings is 1. The standard InChI is InChI=1S/C23H24N2O4S/c1-3-16-5-7-17(8-6-16)19-14-23(29-25-19)24-22(28)13-10-18(26)9-11-20(27)21-12-4-15(2)30-21/h4-8,12,14H,3,9-11,13H2,1-2H3,(H,24,28). The number of aromatic nitrogens is 1. The first-order valence-electron chi connectivity index (χ1n) is 9.92. The molecule has 1 N–H and O–H groups in total. The number of anilines is 1. The van der Waals surface area contributed by atoms with Crippen LogP contribution in [-0.2, 0) is 16.0 Å². The van der Waals surface area contributed by atoms with Gasteiger partial charge in [-0.15, -0.1) is 11.3 Å².